The Hall–Kier alpha value is -3.19. The second-order valence-electron chi connectivity index (χ2n) is 7.70. The number of para-hydroxylation sites is 1. The zero-order valence-corrected chi connectivity index (χ0v) is 17.5. The van der Waals surface area contributed by atoms with Gasteiger partial charge in [-0.15, -0.1) is 0 Å². The Balaban J connectivity index is 1.71. The normalized spacial score (nSPS) is 12.2. The third-order valence-corrected chi connectivity index (χ3v) is 4.86. The number of fused-ring (bicyclic) bond motifs is 1. The van der Waals surface area contributed by atoms with E-state index in [-0.39, 0.29) is 24.2 Å². The Morgan fingerprint density at radius 3 is 2.63 bits per heavy atom. The fourth-order valence-electron chi connectivity index (χ4n) is 3.49. The molecular formula is C23H27FN4O2. The van der Waals surface area contributed by atoms with E-state index in [2.05, 4.69) is 15.6 Å². The summed E-state index contributed by atoms with van der Waals surface area (Å²) in [5.74, 6) is -0.826. The maximum Gasteiger partial charge on any atom is 0.243 e. The molecule has 7 heteroatoms. The maximum atomic E-state index is 14.0. The van der Waals surface area contributed by atoms with Crippen LogP contribution in [0.2, 0.25) is 0 Å². The molecule has 0 fully saturated rings. The average Bonchev–Trinajstić information content (AvgIpc) is 3.10. The van der Waals surface area contributed by atoms with Crippen LogP contribution in [0.1, 0.15) is 23.6 Å². The van der Waals surface area contributed by atoms with Crippen LogP contribution in [0.4, 0.5) is 4.39 Å². The van der Waals surface area contributed by atoms with Crippen molar-refractivity contribution in [2.75, 3.05) is 14.1 Å². The molecule has 0 aliphatic carbocycles. The average molecular weight is 410 g/mol. The molecule has 2 amide bonds. The largest absolute Gasteiger partial charge is 0.361 e. The summed E-state index contributed by atoms with van der Waals surface area (Å²) < 4.78 is 14.0. The van der Waals surface area contributed by atoms with E-state index >= 15 is 0 Å². The van der Waals surface area contributed by atoms with Gasteiger partial charge in [0.05, 0.1) is 0 Å². The van der Waals surface area contributed by atoms with Gasteiger partial charge in [-0.25, -0.2) is 4.39 Å². The van der Waals surface area contributed by atoms with E-state index in [1.54, 1.807) is 12.1 Å². The van der Waals surface area contributed by atoms with Crippen molar-refractivity contribution in [2.45, 2.75) is 32.5 Å². The van der Waals surface area contributed by atoms with Crippen LogP contribution in [0.15, 0.2) is 48.7 Å². The third-order valence-electron chi connectivity index (χ3n) is 4.86. The van der Waals surface area contributed by atoms with Gasteiger partial charge in [-0.1, -0.05) is 24.3 Å². The Bertz CT molecular complexity index is 1040. The number of carbonyl (C=O) groups is 2. The lowest BCUT2D eigenvalue weighted by atomic mass is 10.0. The lowest BCUT2D eigenvalue weighted by molar-refractivity contribution is -0.128. The van der Waals surface area contributed by atoms with E-state index in [0.29, 0.717) is 18.5 Å². The molecule has 0 spiro atoms. The van der Waals surface area contributed by atoms with Gasteiger partial charge in [-0.2, -0.15) is 0 Å². The first-order valence-electron chi connectivity index (χ1n) is 9.85. The summed E-state index contributed by atoms with van der Waals surface area (Å²) in [5, 5.41) is 6.62. The Labute approximate surface area is 175 Å². The minimum atomic E-state index is -0.705. The second kappa shape index (κ2) is 9.54. The molecule has 0 radical (unpaired) electrons. The zero-order valence-electron chi connectivity index (χ0n) is 17.5. The van der Waals surface area contributed by atoms with Gasteiger partial charge in [0.1, 0.15) is 11.9 Å². The molecule has 0 bridgehead atoms. The van der Waals surface area contributed by atoms with Crippen molar-refractivity contribution in [3.63, 3.8) is 0 Å². The number of hydrogen-bond acceptors (Lipinski definition) is 3. The summed E-state index contributed by atoms with van der Waals surface area (Å²) in [6, 6.07) is 11.9. The minimum absolute atomic E-state index is 0.253. The quantitative estimate of drug-likeness (QED) is 0.534. The summed E-state index contributed by atoms with van der Waals surface area (Å²) in [7, 11) is 3.74. The number of rotatable bonds is 8. The lowest BCUT2D eigenvalue weighted by Gasteiger charge is -2.18. The molecular weight excluding hydrogens is 383 g/mol. The van der Waals surface area contributed by atoms with Crippen LogP contribution < -0.4 is 10.6 Å². The molecule has 0 saturated carbocycles. The SMILES string of the molecule is CC(=O)NC(Cc1c[nH]c2ccccc12)C(=O)NCc1ccc(F)c(CN(C)C)c1. The maximum absolute atomic E-state index is 14.0. The fourth-order valence-corrected chi connectivity index (χ4v) is 3.49. The minimum Gasteiger partial charge on any atom is -0.361 e. The molecule has 0 aliphatic rings. The molecule has 30 heavy (non-hydrogen) atoms. The summed E-state index contributed by atoms with van der Waals surface area (Å²) in [4.78, 5) is 29.6. The van der Waals surface area contributed by atoms with E-state index in [1.807, 2.05) is 49.5 Å². The van der Waals surface area contributed by atoms with Crippen LogP contribution in [0.25, 0.3) is 10.9 Å². The summed E-state index contributed by atoms with van der Waals surface area (Å²) >= 11 is 0. The molecule has 3 N–H and O–H groups in total. The van der Waals surface area contributed by atoms with Crippen molar-refractivity contribution >= 4 is 22.7 Å². The van der Waals surface area contributed by atoms with Crippen LogP contribution in [0.5, 0.6) is 0 Å². The van der Waals surface area contributed by atoms with Gasteiger partial charge in [-0.05, 0) is 43.4 Å². The van der Waals surface area contributed by atoms with Crippen molar-refractivity contribution in [1.29, 1.82) is 0 Å². The highest BCUT2D eigenvalue weighted by Crippen LogP contribution is 2.19. The highest BCUT2D eigenvalue weighted by atomic mass is 19.1. The zero-order chi connectivity index (χ0) is 21.7. The molecule has 1 unspecified atom stereocenters. The van der Waals surface area contributed by atoms with Crippen molar-refractivity contribution in [3.05, 3.63) is 71.2 Å². The van der Waals surface area contributed by atoms with Crippen LogP contribution in [-0.4, -0.2) is 41.8 Å². The van der Waals surface area contributed by atoms with Crippen LogP contribution in [0, 0.1) is 5.82 Å². The van der Waals surface area contributed by atoms with Gasteiger partial charge in [0.2, 0.25) is 11.8 Å². The third kappa shape index (κ3) is 5.45. The number of aromatic amines is 1. The van der Waals surface area contributed by atoms with Crippen LogP contribution >= 0.6 is 0 Å². The number of amides is 2. The topological polar surface area (TPSA) is 77.2 Å². The van der Waals surface area contributed by atoms with Crippen LogP contribution in [-0.2, 0) is 29.1 Å². The van der Waals surface area contributed by atoms with Crippen LogP contribution in [0.3, 0.4) is 0 Å². The predicted octanol–water partition coefficient (Wildman–Crippen LogP) is 2.73. The van der Waals surface area contributed by atoms with E-state index in [1.165, 1.54) is 13.0 Å². The number of aromatic nitrogens is 1. The number of halogens is 1. The lowest BCUT2D eigenvalue weighted by Crippen LogP contribution is -2.47. The highest BCUT2D eigenvalue weighted by Gasteiger charge is 2.21. The predicted molar refractivity (Wildman–Crippen MR) is 115 cm³/mol. The molecule has 3 aromatic rings. The smallest absolute Gasteiger partial charge is 0.243 e. The Morgan fingerprint density at radius 2 is 1.90 bits per heavy atom. The molecule has 0 aliphatic heterocycles. The number of nitrogens with zero attached hydrogens (tertiary/aromatic N) is 1. The monoisotopic (exact) mass is 410 g/mol. The van der Waals surface area contributed by atoms with Gasteiger partial charge in [0, 0.05) is 49.1 Å². The van der Waals surface area contributed by atoms with Gasteiger partial charge in [0.15, 0.2) is 0 Å². The first-order chi connectivity index (χ1) is 14.3. The molecule has 0 saturated heterocycles. The van der Waals surface area contributed by atoms with Crippen molar-refractivity contribution < 1.29 is 14.0 Å². The van der Waals surface area contributed by atoms with Crippen molar-refractivity contribution in [1.82, 2.24) is 20.5 Å². The van der Waals surface area contributed by atoms with Gasteiger partial charge >= 0.3 is 0 Å². The Morgan fingerprint density at radius 1 is 1.13 bits per heavy atom. The molecule has 1 atom stereocenters. The summed E-state index contributed by atoms with van der Waals surface area (Å²) in [5.41, 5.74) is 3.31. The van der Waals surface area contributed by atoms with E-state index in [9.17, 15) is 14.0 Å². The summed E-state index contributed by atoms with van der Waals surface area (Å²) in [6.07, 6.45) is 2.23. The van der Waals surface area contributed by atoms with Gasteiger partial charge in [-0.3, -0.25) is 9.59 Å². The Kier molecular flexibility index (Phi) is 6.84. The first-order valence-corrected chi connectivity index (χ1v) is 9.85. The number of nitrogens with one attached hydrogen (secondary N) is 3. The standard InChI is InChI=1S/C23H27FN4O2/c1-15(29)27-22(11-17-13-25-21-7-5-4-6-19(17)21)23(30)26-12-16-8-9-20(24)18(10-16)14-28(2)3/h4-10,13,22,25H,11-12,14H2,1-3H3,(H,26,30)(H,27,29). The molecule has 1 aromatic heterocycles. The molecule has 1 heterocycles. The molecule has 6 nitrogen and oxygen atoms in total. The van der Waals surface area contributed by atoms with Gasteiger partial charge in [0.25, 0.3) is 0 Å². The number of carbonyl (C=O) groups excluding carboxylic acids is 2. The van der Waals surface area contributed by atoms with E-state index in [0.717, 1.165) is 22.0 Å². The highest BCUT2D eigenvalue weighted by molar-refractivity contribution is 5.89. The van der Waals surface area contributed by atoms with Gasteiger partial charge < -0.3 is 20.5 Å². The van der Waals surface area contributed by atoms with Crippen molar-refractivity contribution in [2.24, 2.45) is 0 Å². The fraction of sp³-hybridized carbons (Fsp3) is 0.304. The van der Waals surface area contributed by atoms with Crippen molar-refractivity contribution in [3.8, 4) is 0 Å². The number of H-pyrrole nitrogens is 1. The summed E-state index contributed by atoms with van der Waals surface area (Å²) in [6.45, 7) is 2.12. The molecule has 3 rings (SSSR count). The number of hydrogen-bond donors (Lipinski definition) is 3. The first kappa shape index (κ1) is 21.5. The number of benzene rings is 2. The van der Waals surface area contributed by atoms with E-state index in [4.69, 9.17) is 0 Å². The van der Waals surface area contributed by atoms with E-state index < -0.39 is 6.04 Å². The second-order valence-corrected chi connectivity index (χ2v) is 7.70. The molecule has 158 valence electrons. The molecule has 2 aromatic carbocycles.